The second-order valence-corrected chi connectivity index (χ2v) is 5.17. The topological polar surface area (TPSA) is 12.0 Å². The molecule has 0 aromatic heterocycles. The molecule has 1 nitrogen and oxygen atoms in total. The summed E-state index contributed by atoms with van der Waals surface area (Å²) in [6, 6.07) is 10.2. The Morgan fingerprint density at radius 1 is 1.05 bits per heavy atom. The maximum absolute atomic E-state index is 13.7. The van der Waals surface area contributed by atoms with Gasteiger partial charge in [-0.05, 0) is 30.0 Å². The molecule has 0 aliphatic heterocycles. The van der Waals surface area contributed by atoms with Crippen LogP contribution < -0.4 is 5.32 Å². The van der Waals surface area contributed by atoms with E-state index in [1.54, 1.807) is 0 Å². The number of fused-ring (bicyclic) bond motifs is 1. The molecule has 0 atom stereocenters. The first-order valence-corrected chi connectivity index (χ1v) is 6.49. The van der Waals surface area contributed by atoms with Gasteiger partial charge in [0.2, 0.25) is 0 Å². The average Bonchev–Trinajstić information content (AvgIpc) is 2.76. The Hall–Kier alpha value is -1.61. The van der Waals surface area contributed by atoms with Gasteiger partial charge in [-0.15, -0.1) is 0 Å². The zero-order valence-electron chi connectivity index (χ0n) is 10.1. The Kier molecular flexibility index (Phi) is 3.15. The third kappa shape index (κ3) is 2.43. The van der Waals surface area contributed by atoms with E-state index in [4.69, 9.17) is 11.6 Å². The van der Waals surface area contributed by atoms with Crippen molar-refractivity contribution in [1.82, 2.24) is 0 Å². The molecule has 4 heteroatoms. The highest BCUT2D eigenvalue weighted by molar-refractivity contribution is 6.33. The predicted octanol–water partition coefficient (Wildman–Crippen LogP) is 4.20. The lowest BCUT2D eigenvalue weighted by Crippen LogP contribution is -2.20. The number of hydrogen-bond acceptors (Lipinski definition) is 1. The lowest BCUT2D eigenvalue weighted by molar-refractivity contribution is 0.583. The van der Waals surface area contributed by atoms with Crippen molar-refractivity contribution in [3.05, 3.63) is 64.2 Å². The second kappa shape index (κ2) is 4.82. The molecule has 1 N–H and O–H groups in total. The van der Waals surface area contributed by atoms with Crippen molar-refractivity contribution in [2.75, 3.05) is 5.32 Å². The minimum absolute atomic E-state index is 0.0773. The molecule has 2 aromatic rings. The molecule has 0 bridgehead atoms. The highest BCUT2D eigenvalue weighted by Gasteiger charge is 2.22. The van der Waals surface area contributed by atoms with Crippen LogP contribution in [0.5, 0.6) is 0 Å². The van der Waals surface area contributed by atoms with Gasteiger partial charge in [-0.25, -0.2) is 8.78 Å². The van der Waals surface area contributed by atoms with Crippen LogP contribution >= 0.6 is 11.6 Å². The van der Waals surface area contributed by atoms with Crippen LogP contribution in [0.15, 0.2) is 36.4 Å². The quantitative estimate of drug-likeness (QED) is 0.869. The van der Waals surface area contributed by atoms with Gasteiger partial charge in [0.05, 0.1) is 10.7 Å². The molecule has 0 saturated heterocycles. The van der Waals surface area contributed by atoms with Gasteiger partial charge in [0.25, 0.3) is 0 Å². The molecule has 3 rings (SSSR count). The maximum atomic E-state index is 13.7. The second-order valence-electron chi connectivity index (χ2n) is 4.76. The third-order valence-corrected chi connectivity index (χ3v) is 3.70. The van der Waals surface area contributed by atoms with E-state index >= 15 is 0 Å². The van der Waals surface area contributed by atoms with E-state index in [1.807, 2.05) is 12.1 Å². The van der Waals surface area contributed by atoms with E-state index in [0.717, 1.165) is 25.0 Å². The molecule has 2 aromatic carbocycles. The van der Waals surface area contributed by atoms with Crippen LogP contribution in [0.3, 0.4) is 0 Å². The fourth-order valence-corrected chi connectivity index (χ4v) is 2.79. The molecule has 0 saturated carbocycles. The van der Waals surface area contributed by atoms with E-state index < -0.39 is 11.6 Å². The smallest absolute Gasteiger partial charge is 0.150 e. The van der Waals surface area contributed by atoms with E-state index in [0.29, 0.717) is 0 Å². The van der Waals surface area contributed by atoms with Crippen LogP contribution in [-0.2, 0) is 12.8 Å². The van der Waals surface area contributed by atoms with Crippen LogP contribution in [0.1, 0.15) is 11.1 Å². The largest absolute Gasteiger partial charge is 0.378 e. The number of rotatable bonds is 2. The summed E-state index contributed by atoms with van der Waals surface area (Å²) in [5.74, 6) is -1.32. The normalized spacial score (nSPS) is 14.5. The summed E-state index contributed by atoms with van der Waals surface area (Å²) >= 11 is 5.88. The molecule has 98 valence electrons. The molecule has 0 amide bonds. The zero-order valence-corrected chi connectivity index (χ0v) is 10.8. The summed E-state index contributed by atoms with van der Waals surface area (Å²) < 4.78 is 26.7. The lowest BCUT2D eigenvalue weighted by atomic mass is 10.1. The molecular weight excluding hydrogens is 268 g/mol. The SMILES string of the molecule is Fc1cc(F)c(NC2Cc3ccccc3C2)c(Cl)c1. The van der Waals surface area contributed by atoms with Gasteiger partial charge < -0.3 is 5.32 Å². The maximum Gasteiger partial charge on any atom is 0.150 e. The third-order valence-electron chi connectivity index (χ3n) is 3.41. The van der Waals surface area contributed by atoms with Gasteiger partial charge >= 0.3 is 0 Å². The van der Waals surface area contributed by atoms with Crippen molar-refractivity contribution in [3.63, 3.8) is 0 Å². The molecule has 0 fully saturated rings. The molecule has 0 spiro atoms. The van der Waals surface area contributed by atoms with Crippen molar-refractivity contribution in [1.29, 1.82) is 0 Å². The first-order valence-electron chi connectivity index (χ1n) is 6.11. The Morgan fingerprint density at radius 2 is 1.68 bits per heavy atom. The number of benzene rings is 2. The van der Waals surface area contributed by atoms with Crippen LogP contribution in [0.25, 0.3) is 0 Å². The standard InChI is InChI=1S/C15H12ClF2N/c16-13-7-11(17)8-14(18)15(13)19-12-5-9-3-1-2-4-10(9)6-12/h1-4,7-8,12,19H,5-6H2. The van der Waals surface area contributed by atoms with E-state index in [-0.39, 0.29) is 16.8 Å². The zero-order chi connectivity index (χ0) is 13.4. The van der Waals surface area contributed by atoms with Crippen LogP contribution in [0.2, 0.25) is 5.02 Å². The summed E-state index contributed by atoms with van der Waals surface area (Å²) in [5, 5.41) is 3.16. The Labute approximate surface area is 115 Å². The fraction of sp³-hybridized carbons (Fsp3) is 0.200. The number of nitrogens with one attached hydrogen (secondary N) is 1. The van der Waals surface area contributed by atoms with Crippen LogP contribution in [-0.4, -0.2) is 6.04 Å². The molecule has 1 aliphatic carbocycles. The van der Waals surface area contributed by atoms with Crippen LogP contribution in [0, 0.1) is 11.6 Å². The number of anilines is 1. The molecular formula is C15H12ClF2N. The summed E-state index contributed by atoms with van der Waals surface area (Å²) in [6.45, 7) is 0. The Bertz CT molecular complexity index is 579. The molecule has 0 radical (unpaired) electrons. The summed E-state index contributed by atoms with van der Waals surface area (Å²) in [5.41, 5.74) is 2.71. The molecule has 19 heavy (non-hydrogen) atoms. The van der Waals surface area contributed by atoms with Crippen molar-refractivity contribution in [2.24, 2.45) is 0 Å². The minimum atomic E-state index is -0.664. The lowest BCUT2D eigenvalue weighted by Gasteiger charge is -2.15. The van der Waals surface area contributed by atoms with E-state index in [9.17, 15) is 8.78 Å². The van der Waals surface area contributed by atoms with Crippen LogP contribution in [0.4, 0.5) is 14.5 Å². The van der Waals surface area contributed by atoms with Gasteiger partial charge in [0.15, 0.2) is 5.82 Å². The van der Waals surface area contributed by atoms with Gasteiger partial charge in [0, 0.05) is 12.1 Å². The molecule has 0 heterocycles. The Morgan fingerprint density at radius 3 is 2.26 bits per heavy atom. The first-order chi connectivity index (χ1) is 9.13. The molecule has 0 unspecified atom stereocenters. The first kappa shape index (κ1) is 12.4. The summed E-state index contributed by atoms with van der Waals surface area (Å²) in [6.07, 6.45) is 1.65. The Balaban J connectivity index is 1.82. The van der Waals surface area contributed by atoms with Gasteiger partial charge in [-0.3, -0.25) is 0 Å². The fourth-order valence-electron chi connectivity index (χ4n) is 2.55. The van der Waals surface area contributed by atoms with Crippen molar-refractivity contribution < 1.29 is 8.78 Å². The van der Waals surface area contributed by atoms with Crippen molar-refractivity contribution in [2.45, 2.75) is 18.9 Å². The minimum Gasteiger partial charge on any atom is -0.378 e. The monoisotopic (exact) mass is 279 g/mol. The highest BCUT2D eigenvalue weighted by Crippen LogP contribution is 2.30. The van der Waals surface area contributed by atoms with Crippen molar-refractivity contribution in [3.8, 4) is 0 Å². The van der Waals surface area contributed by atoms with Crippen molar-refractivity contribution >= 4 is 17.3 Å². The van der Waals surface area contributed by atoms with E-state index in [2.05, 4.69) is 17.4 Å². The van der Waals surface area contributed by atoms with E-state index in [1.165, 1.54) is 11.1 Å². The molecule has 1 aliphatic rings. The van der Waals surface area contributed by atoms with Gasteiger partial charge in [-0.2, -0.15) is 0 Å². The number of halogens is 3. The summed E-state index contributed by atoms with van der Waals surface area (Å²) in [4.78, 5) is 0. The summed E-state index contributed by atoms with van der Waals surface area (Å²) in [7, 11) is 0. The number of hydrogen-bond donors (Lipinski definition) is 1. The van der Waals surface area contributed by atoms with Gasteiger partial charge in [0.1, 0.15) is 5.82 Å². The highest BCUT2D eigenvalue weighted by atomic mass is 35.5. The van der Waals surface area contributed by atoms with Gasteiger partial charge in [-0.1, -0.05) is 35.9 Å². The average molecular weight is 280 g/mol. The predicted molar refractivity (Wildman–Crippen MR) is 72.6 cm³/mol.